The summed E-state index contributed by atoms with van der Waals surface area (Å²) in [5.74, 6) is 0.0511. The quantitative estimate of drug-likeness (QED) is 0.582. The molecule has 7 nitrogen and oxygen atoms in total. The third-order valence-electron chi connectivity index (χ3n) is 7.02. The highest BCUT2D eigenvalue weighted by molar-refractivity contribution is 6.70. The lowest BCUT2D eigenvalue weighted by Crippen LogP contribution is -2.51. The average molecular weight is 478 g/mol. The van der Waals surface area contributed by atoms with Gasteiger partial charge in [0.05, 0.1) is 12.1 Å². The van der Waals surface area contributed by atoms with Crippen molar-refractivity contribution in [1.29, 1.82) is 0 Å². The van der Waals surface area contributed by atoms with Gasteiger partial charge in [0.2, 0.25) is 5.91 Å². The second kappa shape index (κ2) is 11.0. The summed E-state index contributed by atoms with van der Waals surface area (Å²) in [6.07, 6.45) is 7.34. The number of amides is 1. The SMILES string of the molecule is CCN=C(Cl)/C(CC(=O)N1CCCC2(CCN(CCC(C)(C)C)CC2)C1)=C(\N)c1ccon1. The maximum atomic E-state index is 13.4. The van der Waals surface area contributed by atoms with Crippen LogP contribution in [0.25, 0.3) is 5.70 Å². The van der Waals surface area contributed by atoms with E-state index in [1.165, 1.54) is 19.1 Å². The molecule has 3 rings (SSSR count). The molecule has 0 saturated carbocycles. The fraction of sp³-hybridized carbons (Fsp3) is 0.720. The van der Waals surface area contributed by atoms with Crippen LogP contribution < -0.4 is 5.73 Å². The van der Waals surface area contributed by atoms with E-state index in [4.69, 9.17) is 21.9 Å². The van der Waals surface area contributed by atoms with Gasteiger partial charge in [-0.1, -0.05) is 37.5 Å². The summed E-state index contributed by atoms with van der Waals surface area (Å²) in [4.78, 5) is 22.3. The zero-order chi connectivity index (χ0) is 24.1. The number of carbonyl (C=O) groups is 1. The molecule has 1 aromatic heterocycles. The molecule has 0 radical (unpaired) electrons. The molecule has 2 fully saturated rings. The van der Waals surface area contributed by atoms with E-state index in [1.54, 1.807) is 6.07 Å². The summed E-state index contributed by atoms with van der Waals surface area (Å²) >= 11 is 6.44. The Kier molecular flexibility index (Phi) is 8.62. The van der Waals surface area contributed by atoms with E-state index in [1.807, 2.05) is 11.8 Å². The van der Waals surface area contributed by atoms with Crippen molar-refractivity contribution in [2.75, 3.05) is 39.3 Å². The van der Waals surface area contributed by atoms with Gasteiger partial charge in [-0.3, -0.25) is 9.79 Å². The fourth-order valence-electron chi connectivity index (χ4n) is 4.86. The van der Waals surface area contributed by atoms with Gasteiger partial charge in [0.25, 0.3) is 0 Å². The summed E-state index contributed by atoms with van der Waals surface area (Å²) in [5.41, 5.74) is 8.26. The Morgan fingerprint density at radius 3 is 2.61 bits per heavy atom. The van der Waals surface area contributed by atoms with Crippen molar-refractivity contribution in [3.05, 3.63) is 23.6 Å². The summed E-state index contributed by atoms with van der Waals surface area (Å²) in [5, 5.41) is 4.17. The molecule has 2 aliphatic rings. The Balaban J connectivity index is 1.65. The van der Waals surface area contributed by atoms with Gasteiger partial charge in [-0.25, -0.2) is 0 Å². The number of halogens is 1. The van der Waals surface area contributed by atoms with Gasteiger partial charge in [-0.15, -0.1) is 0 Å². The van der Waals surface area contributed by atoms with Gasteiger partial charge in [0.1, 0.15) is 17.1 Å². The van der Waals surface area contributed by atoms with Crippen LogP contribution in [0.15, 0.2) is 27.4 Å². The Morgan fingerprint density at radius 1 is 1.27 bits per heavy atom. The number of hydrogen-bond acceptors (Lipinski definition) is 6. The molecule has 33 heavy (non-hydrogen) atoms. The molecule has 0 bridgehead atoms. The standard InChI is InChI=1S/C25H40ClN5O2/c1-5-28-23(26)19(22(27)20-7-16-33-29-20)17-21(32)31-12-6-8-25(18-31)10-14-30(15-11-25)13-9-24(2,3)4/h7,16H,5-6,8-15,17-18,27H2,1-4H3/b22-19-,28-23?. The molecule has 184 valence electrons. The monoisotopic (exact) mass is 477 g/mol. The number of aromatic nitrogens is 1. The Hall–Kier alpha value is -1.86. The molecule has 2 N–H and O–H groups in total. The lowest BCUT2D eigenvalue weighted by atomic mass is 9.72. The highest BCUT2D eigenvalue weighted by Gasteiger charge is 2.39. The largest absolute Gasteiger partial charge is 0.397 e. The minimum absolute atomic E-state index is 0.0511. The first-order chi connectivity index (χ1) is 15.6. The van der Waals surface area contributed by atoms with Crippen LogP contribution in [0, 0.1) is 10.8 Å². The van der Waals surface area contributed by atoms with Crippen molar-refractivity contribution in [2.45, 2.75) is 66.2 Å². The molecule has 0 atom stereocenters. The summed E-state index contributed by atoms with van der Waals surface area (Å²) < 4.78 is 4.92. The number of aliphatic imine (C=N–C) groups is 1. The van der Waals surface area contributed by atoms with Gasteiger partial charge in [-0.2, -0.15) is 0 Å². The van der Waals surface area contributed by atoms with Gasteiger partial charge in [-0.05, 0) is 69.5 Å². The fourth-order valence-corrected chi connectivity index (χ4v) is 5.14. The van der Waals surface area contributed by atoms with Gasteiger partial charge >= 0.3 is 0 Å². The van der Waals surface area contributed by atoms with Crippen LogP contribution in [-0.2, 0) is 4.79 Å². The zero-order valence-corrected chi connectivity index (χ0v) is 21.5. The predicted octanol–water partition coefficient (Wildman–Crippen LogP) is 4.53. The number of nitrogens with zero attached hydrogens (tertiary/aromatic N) is 4. The van der Waals surface area contributed by atoms with E-state index < -0.39 is 0 Å². The van der Waals surface area contributed by atoms with Crippen LogP contribution >= 0.6 is 11.6 Å². The molecule has 1 aromatic rings. The van der Waals surface area contributed by atoms with E-state index >= 15 is 0 Å². The topological polar surface area (TPSA) is 88.0 Å². The number of rotatable bonds is 7. The van der Waals surface area contributed by atoms with E-state index in [0.29, 0.717) is 28.9 Å². The second-order valence-electron chi connectivity index (χ2n) is 10.8. The van der Waals surface area contributed by atoms with Crippen molar-refractivity contribution in [2.24, 2.45) is 21.6 Å². The Labute approximate surface area is 203 Å². The molecular formula is C25H40ClN5O2. The molecule has 2 saturated heterocycles. The van der Waals surface area contributed by atoms with Crippen molar-refractivity contribution in [1.82, 2.24) is 15.0 Å². The van der Waals surface area contributed by atoms with Gasteiger partial charge in [0, 0.05) is 31.3 Å². The van der Waals surface area contributed by atoms with E-state index in [0.717, 1.165) is 52.0 Å². The number of likely N-dealkylation sites (tertiary alicyclic amines) is 2. The predicted molar refractivity (Wildman–Crippen MR) is 134 cm³/mol. The smallest absolute Gasteiger partial charge is 0.227 e. The van der Waals surface area contributed by atoms with Gasteiger partial charge < -0.3 is 20.1 Å². The minimum Gasteiger partial charge on any atom is -0.397 e. The van der Waals surface area contributed by atoms with E-state index in [2.05, 4.69) is 35.8 Å². The van der Waals surface area contributed by atoms with Crippen molar-refractivity contribution in [3.8, 4) is 0 Å². The lowest BCUT2D eigenvalue weighted by molar-refractivity contribution is -0.135. The van der Waals surface area contributed by atoms with Crippen LogP contribution in [0.5, 0.6) is 0 Å². The maximum absolute atomic E-state index is 13.4. The highest BCUT2D eigenvalue weighted by atomic mass is 35.5. The third-order valence-corrected chi connectivity index (χ3v) is 7.37. The molecule has 0 unspecified atom stereocenters. The van der Waals surface area contributed by atoms with Crippen molar-refractivity contribution in [3.63, 3.8) is 0 Å². The lowest BCUT2D eigenvalue weighted by Gasteiger charge is -2.48. The van der Waals surface area contributed by atoms with Gasteiger partial charge in [0.15, 0.2) is 0 Å². The maximum Gasteiger partial charge on any atom is 0.227 e. The Bertz CT molecular complexity index is 849. The number of hydrogen-bond donors (Lipinski definition) is 1. The summed E-state index contributed by atoms with van der Waals surface area (Å²) in [7, 11) is 0. The van der Waals surface area contributed by atoms with Crippen molar-refractivity contribution < 1.29 is 9.32 Å². The number of carbonyl (C=O) groups excluding carboxylic acids is 1. The normalized spacial score (nSPS) is 20.8. The first-order valence-corrected chi connectivity index (χ1v) is 12.6. The molecule has 3 heterocycles. The van der Waals surface area contributed by atoms with Crippen LogP contribution in [-0.4, -0.2) is 65.3 Å². The second-order valence-corrected chi connectivity index (χ2v) is 11.1. The van der Waals surface area contributed by atoms with Crippen molar-refractivity contribution >= 4 is 28.4 Å². The molecule has 1 amide bonds. The van der Waals surface area contributed by atoms with Crippen LogP contribution in [0.1, 0.15) is 71.9 Å². The summed E-state index contributed by atoms with van der Waals surface area (Å²) in [6.45, 7) is 14.3. The number of nitrogens with two attached hydrogens (primary N) is 1. The number of piperidine rings is 2. The van der Waals surface area contributed by atoms with Crippen LogP contribution in [0.2, 0.25) is 0 Å². The molecule has 0 aliphatic carbocycles. The highest BCUT2D eigenvalue weighted by Crippen LogP contribution is 2.40. The summed E-state index contributed by atoms with van der Waals surface area (Å²) in [6, 6.07) is 1.67. The molecule has 8 heteroatoms. The zero-order valence-electron chi connectivity index (χ0n) is 20.7. The first-order valence-electron chi connectivity index (χ1n) is 12.2. The minimum atomic E-state index is 0.0511. The van der Waals surface area contributed by atoms with Crippen LogP contribution in [0.3, 0.4) is 0 Å². The van der Waals surface area contributed by atoms with E-state index in [-0.39, 0.29) is 22.9 Å². The average Bonchev–Trinajstić information content (AvgIpc) is 3.31. The first kappa shape index (κ1) is 25.8. The molecule has 1 spiro atoms. The molecular weight excluding hydrogens is 438 g/mol. The van der Waals surface area contributed by atoms with Crippen LogP contribution in [0.4, 0.5) is 0 Å². The Morgan fingerprint density at radius 2 is 2.00 bits per heavy atom. The van der Waals surface area contributed by atoms with E-state index in [9.17, 15) is 4.79 Å². The third kappa shape index (κ3) is 7.06. The molecule has 0 aromatic carbocycles. The molecule has 2 aliphatic heterocycles.